The van der Waals surface area contributed by atoms with Gasteiger partial charge in [-0.15, -0.1) is 0 Å². The number of halogens is 6. The average molecular weight is 395 g/mol. The maximum Gasteiger partial charge on any atom is 0.483 e. The van der Waals surface area contributed by atoms with Crippen LogP contribution in [0.3, 0.4) is 0 Å². The molecule has 0 aliphatic rings. The highest BCUT2D eigenvalue weighted by atomic mass is 35.5. The molecular formula is C10H4ClF5N2O5S. The summed E-state index contributed by atoms with van der Waals surface area (Å²) in [7, 11) is 0. The largest absolute Gasteiger partial charge is 0.483 e. The maximum absolute atomic E-state index is 13.1. The van der Waals surface area contributed by atoms with Crippen molar-refractivity contribution < 1.29 is 36.5 Å². The smallest absolute Gasteiger partial charge is 0.298 e. The van der Waals surface area contributed by atoms with Crippen molar-refractivity contribution in [3.63, 3.8) is 0 Å². The highest BCUT2D eigenvalue weighted by molar-refractivity contribution is 7.83. The number of nitrogens with zero attached hydrogens (tertiary/aromatic N) is 2. The van der Waals surface area contributed by atoms with E-state index in [1.807, 2.05) is 0 Å². The first-order chi connectivity index (χ1) is 10.8. The van der Waals surface area contributed by atoms with E-state index in [1.165, 1.54) is 0 Å². The second kappa shape index (κ2) is 6.86. The molecule has 1 atom stereocenters. The van der Waals surface area contributed by atoms with E-state index in [9.17, 15) is 42.2 Å². The Morgan fingerprint density at radius 1 is 1.12 bits per heavy atom. The van der Waals surface area contributed by atoms with E-state index in [1.54, 1.807) is 0 Å². The van der Waals surface area contributed by atoms with Crippen molar-refractivity contribution in [3.05, 3.63) is 44.0 Å². The van der Waals surface area contributed by atoms with Gasteiger partial charge in [-0.05, 0) is 6.07 Å². The minimum atomic E-state index is -6.20. The molecule has 14 heteroatoms. The standard InChI is InChI=1S/C10H4ClF5N2O5S/c11-8(24)7(23-10(15,16)9(12,13)14)6-4(17(19)20)2-1-3-5(6)18(21)22/h1-3,7H. The van der Waals surface area contributed by atoms with Crippen LogP contribution in [0, 0.1) is 20.2 Å². The van der Waals surface area contributed by atoms with Gasteiger partial charge < -0.3 is 0 Å². The summed E-state index contributed by atoms with van der Waals surface area (Å²) in [6.07, 6.45) is -14.8. The van der Waals surface area contributed by atoms with E-state index in [4.69, 9.17) is 11.6 Å². The predicted molar refractivity (Wildman–Crippen MR) is 73.0 cm³/mol. The van der Waals surface area contributed by atoms with E-state index in [-0.39, 0.29) is 0 Å². The second-order valence-electron chi connectivity index (χ2n) is 4.04. The van der Waals surface area contributed by atoms with Gasteiger partial charge in [-0.1, -0.05) is 23.8 Å². The van der Waals surface area contributed by atoms with Crippen molar-refractivity contribution in [2.75, 3.05) is 0 Å². The minimum absolute atomic E-state index is 0.638. The van der Waals surface area contributed by atoms with Crippen LogP contribution in [-0.4, -0.2) is 26.5 Å². The first-order valence-electron chi connectivity index (χ1n) is 5.53. The molecule has 0 aliphatic carbocycles. The fraction of sp³-hybridized carbons (Fsp3) is 0.300. The maximum atomic E-state index is 13.1. The fourth-order valence-corrected chi connectivity index (χ4v) is 1.88. The van der Waals surface area contributed by atoms with E-state index >= 15 is 0 Å². The van der Waals surface area contributed by atoms with E-state index in [2.05, 4.69) is 17.0 Å². The number of nitro groups is 2. The minimum Gasteiger partial charge on any atom is -0.298 e. The van der Waals surface area contributed by atoms with Gasteiger partial charge in [0.05, 0.1) is 9.85 Å². The molecule has 0 N–H and O–H groups in total. The third-order valence-electron chi connectivity index (χ3n) is 2.52. The molecule has 0 aromatic heterocycles. The van der Waals surface area contributed by atoms with Crippen molar-refractivity contribution in [3.8, 4) is 0 Å². The van der Waals surface area contributed by atoms with Gasteiger partial charge in [-0.3, -0.25) is 25.0 Å². The summed E-state index contributed by atoms with van der Waals surface area (Å²) < 4.78 is 65.2. The van der Waals surface area contributed by atoms with Gasteiger partial charge in [-0.2, -0.15) is 22.0 Å². The Bertz CT molecular complexity index is 666. The van der Waals surface area contributed by atoms with E-state index in [0.29, 0.717) is 12.1 Å². The lowest BCUT2D eigenvalue weighted by Gasteiger charge is -2.24. The Hall–Kier alpha value is -1.99. The molecule has 0 saturated heterocycles. The Balaban J connectivity index is 3.60. The molecule has 0 saturated carbocycles. The topological polar surface area (TPSA) is 95.5 Å². The quantitative estimate of drug-likeness (QED) is 0.235. The molecule has 0 amide bonds. The van der Waals surface area contributed by atoms with Crippen LogP contribution in [0.2, 0.25) is 0 Å². The van der Waals surface area contributed by atoms with Crippen molar-refractivity contribution in [1.29, 1.82) is 0 Å². The van der Waals surface area contributed by atoms with Gasteiger partial charge in [0.1, 0.15) is 16.0 Å². The van der Waals surface area contributed by atoms with Crippen LogP contribution in [0.15, 0.2) is 18.2 Å². The van der Waals surface area contributed by atoms with Crippen LogP contribution < -0.4 is 0 Å². The molecule has 0 fully saturated rings. The van der Waals surface area contributed by atoms with Crippen LogP contribution in [0.1, 0.15) is 11.7 Å². The summed E-state index contributed by atoms with van der Waals surface area (Å²) in [6, 6.07) is 2.11. The monoisotopic (exact) mass is 394 g/mol. The lowest BCUT2D eigenvalue weighted by molar-refractivity contribution is -0.408. The molecule has 7 nitrogen and oxygen atoms in total. The molecule has 0 spiro atoms. The number of nitro benzene ring substituents is 2. The fourth-order valence-electron chi connectivity index (χ4n) is 1.56. The summed E-state index contributed by atoms with van der Waals surface area (Å²) in [5.74, 6) is 0. The number of ether oxygens (including phenoxy) is 1. The first-order valence-corrected chi connectivity index (χ1v) is 6.31. The molecule has 0 heterocycles. The Labute approximate surface area is 139 Å². The lowest BCUT2D eigenvalue weighted by atomic mass is 10.1. The van der Waals surface area contributed by atoms with Crippen molar-refractivity contribution in [2.24, 2.45) is 0 Å². The molecule has 0 bridgehead atoms. The van der Waals surface area contributed by atoms with Gasteiger partial charge in [-0.25, -0.2) is 0 Å². The number of hydrogen-bond acceptors (Lipinski definition) is 6. The third kappa shape index (κ3) is 4.10. The van der Waals surface area contributed by atoms with Gasteiger partial charge in [0, 0.05) is 12.1 Å². The number of hydrogen-bond donors (Lipinski definition) is 0. The summed E-state index contributed by atoms with van der Waals surface area (Å²) in [5.41, 5.74) is -3.54. The SMILES string of the molecule is O=[N+]([O-])c1cccc([N+](=O)[O-])c1C(OC(F)(F)C(F)(F)F)C(=S)Cl. The third-order valence-corrected chi connectivity index (χ3v) is 2.93. The second-order valence-corrected chi connectivity index (χ2v) is 5.11. The Kier molecular flexibility index (Phi) is 5.74. The molecule has 1 rings (SSSR count). The predicted octanol–water partition coefficient (Wildman–Crippen LogP) is 4.28. The van der Waals surface area contributed by atoms with Crippen molar-refractivity contribution >= 4 is 39.5 Å². The zero-order chi connectivity index (χ0) is 18.9. The van der Waals surface area contributed by atoms with Gasteiger partial charge >= 0.3 is 12.3 Å². The van der Waals surface area contributed by atoms with E-state index in [0.717, 1.165) is 6.07 Å². The van der Waals surface area contributed by atoms with Gasteiger partial charge in [0.25, 0.3) is 11.4 Å². The van der Waals surface area contributed by atoms with Crippen LogP contribution in [-0.2, 0) is 4.74 Å². The lowest BCUT2D eigenvalue weighted by Crippen LogP contribution is -2.41. The molecule has 132 valence electrons. The number of alkyl halides is 5. The Morgan fingerprint density at radius 3 is 1.83 bits per heavy atom. The summed E-state index contributed by atoms with van der Waals surface area (Å²) in [4.78, 5) is 19.4. The van der Waals surface area contributed by atoms with Gasteiger partial charge in [0.15, 0.2) is 0 Å². The van der Waals surface area contributed by atoms with Crippen LogP contribution in [0.5, 0.6) is 0 Å². The van der Waals surface area contributed by atoms with Crippen molar-refractivity contribution in [2.45, 2.75) is 18.4 Å². The molecular weight excluding hydrogens is 391 g/mol. The first kappa shape index (κ1) is 20.1. The Morgan fingerprint density at radius 2 is 1.54 bits per heavy atom. The summed E-state index contributed by atoms with van der Waals surface area (Å²) in [6.45, 7) is 0. The van der Waals surface area contributed by atoms with Crippen LogP contribution >= 0.6 is 23.8 Å². The van der Waals surface area contributed by atoms with Crippen molar-refractivity contribution in [1.82, 2.24) is 0 Å². The highest BCUT2D eigenvalue weighted by Crippen LogP contribution is 2.44. The highest BCUT2D eigenvalue weighted by Gasteiger charge is 2.61. The molecule has 1 unspecified atom stereocenters. The van der Waals surface area contributed by atoms with Crippen LogP contribution in [0.4, 0.5) is 33.3 Å². The summed E-state index contributed by atoms with van der Waals surface area (Å²) >= 11 is 9.53. The average Bonchev–Trinajstić information content (AvgIpc) is 2.42. The molecule has 24 heavy (non-hydrogen) atoms. The van der Waals surface area contributed by atoms with E-state index < -0.39 is 49.5 Å². The molecule has 0 aliphatic heterocycles. The number of rotatable bonds is 6. The summed E-state index contributed by atoms with van der Waals surface area (Å²) in [5, 5.41) is 21.8. The van der Waals surface area contributed by atoms with Crippen LogP contribution in [0.25, 0.3) is 0 Å². The zero-order valence-corrected chi connectivity index (χ0v) is 12.5. The van der Waals surface area contributed by atoms with Gasteiger partial charge in [0.2, 0.25) is 0 Å². The normalized spacial score (nSPS) is 13.4. The number of thiocarbonyl (C=S) groups is 1. The molecule has 1 aromatic carbocycles. The molecule has 1 aromatic rings. The number of benzene rings is 1. The molecule has 0 radical (unpaired) electrons. The zero-order valence-electron chi connectivity index (χ0n) is 10.9.